The highest BCUT2D eigenvalue weighted by molar-refractivity contribution is 7.87. The number of ether oxygens (including phenoxy) is 1. The van der Waals surface area contributed by atoms with Gasteiger partial charge >= 0.3 is 5.97 Å². The van der Waals surface area contributed by atoms with Crippen LogP contribution in [0, 0.1) is 12.8 Å². The van der Waals surface area contributed by atoms with Crippen LogP contribution in [0.5, 0.6) is 0 Å². The Morgan fingerprint density at radius 1 is 1.35 bits per heavy atom. The number of hydrogen-bond acceptors (Lipinski definition) is 3. The third-order valence-corrected chi connectivity index (χ3v) is 5.69. The van der Waals surface area contributed by atoms with Crippen molar-refractivity contribution in [1.82, 2.24) is 0 Å². The zero-order valence-corrected chi connectivity index (χ0v) is 10.5. The van der Waals surface area contributed by atoms with Crippen molar-refractivity contribution in [2.75, 3.05) is 6.61 Å². The van der Waals surface area contributed by atoms with Crippen LogP contribution < -0.4 is 0 Å². The molecule has 3 nitrogen and oxygen atoms in total. The molecule has 3 rings (SSSR count). The summed E-state index contributed by atoms with van der Waals surface area (Å²) in [6.07, 6.45) is 1.57. The van der Waals surface area contributed by atoms with Gasteiger partial charge in [0.2, 0.25) is 0 Å². The molecule has 3 atom stereocenters. The van der Waals surface area contributed by atoms with Crippen LogP contribution in [-0.2, 0) is 20.3 Å². The highest BCUT2D eigenvalue weighted by Crippen LogP contribution is 2.55. The smallest absolute Gasteiger partial charge is 0.325 e. The minimum atomic E-state index is -1.27. The molecule has 0 spiro atoms. The van der Waals surface area contributed by atoms with Crippen molar-refractivity contribution in [1.29, 1.82) is 0 Å². The minimum absolute atomic E-state index is 0.255. The second kappa shape index (κ2) is 3.67. The largest absolute Gasteiger partial charge is 0.465 e. The van der Waals surface area contributed by atoms with E-state index in [-0.39, 0.29) is 11.9 Å². The number of carbonyl (C=O) groups is 1. The van der Waals surface area contributed by atoms with Gasteiger partial charge < -0.3 is 4.74 Å². The first-order valence-electron chi connectivity index (χ1n) is 5.80. The molecule has 1 aliphatic heterocycles. The van der Waals surface area contributed by atoms with E-state index in [0.29, 0.717) is 13.0 Å². The van der Waals surface area contributed by atoms with Gasteiger partial charge in [0.1, 0.15) is 0 Å². The molecular formula is C13H14O3S. The first-order chi connectivity index (χ1) is 8.14. The minimum Gasteiger partial charge on any atom is -0.465 e. The highest BCUT2D eigenvalue weighted by Gasteiger charge is 2.67. The summed E-state index contributed by atoms with van der Waals surface area (Å²) in [5.74, 6) is -0.0152. The van der Waals surface area contributed by atoms with Gasteiger partial charge in [0.15, 0.2) is 4.75 Å². The van der Waals surface area contributed by atoms with Gasteiger partial charge in [-0.05, 0) is 37.8 Å². The molecule has 1 aromatic carbocycles. The maximum atomic E-state index is 12.5. The second-order valence-corrected chi connectivity index (χ2v) is 6.53. The van der Waals surface area contributed by atoms with Gasteiger partial charge in [-0.2, -0.15) is 0 Å². The topological polar surface area (TPSA) is 43.4 Å². The Kier molecular flexibility index (Phi) is 2.36. The van der Waals surface area contributed by atoms with E-state index in [0.717, 1.165) is 16.9 Å². The lowest BCUT2D eigenvalue weighted by molar-refractivity contribution is -0.146. The molecule has 0 radical (unpaired) electrons. The molecule has 17 heavy (non-hydrogen) atoms. The van der Waals surface area contributed by atoms with Crippen LogP contribution in [0.1, 0.15) is 18.4 Å². The molecular weight excluding hydrogens is 236 g/mol. The molecule has 90 valence electrons. The maximum Gasteiger partial charge on any atom is 0.325 e. The molecule has 1 aliphatic carbocycles. The average molecular weight is 250 g/mol. The first-order valence-corrected chi connectivity index (χ1v) is 6.95. The molecule has 0 amide bonds. The van der Waals surface area contributed by atoms with E-state index in [2.05, 4.69) is 0 Å². The van der Waals surface area contributed by atoms with Crippen LogP contribution >= 0.6 is 0 Å². The summed E-state index contributed by atoms with van der Waals surface area (Å²) < 4.78 is 16.8. The fourth-order valence-electron chi connectivity index (χ4n) is 2.48. The summed E-state index contributed by atoms with van der Waals surface area (Å²) in [7, 11) is -1.27. The fraction of sp³-hybridized carbons (Fsp3) is 0.462. The van der Waals surface area contributed by atoms with E-state index < -0.39 is 15.5 Å². The molecule has 0 N–H and O–H groups in total. The van der Waals surface area contributed by atoms with Crippen molar-refractivity contribution >= 4 is 16.8 Å². The quantitative estimate of drug-likeness (QED) is 0.752. The van der Waals surface area contributed by atoms with Crippen molar-refractivity contribution in [3.63, 3.8) is 0 Å². The van der Waals surface area contributed by atoms with Crippen molar-refractivity contribution in [3.8, 4) is 0 Å². The summed E-state index contributed by atoms with van der Waals surface area (Å²) in [5, 5.41) is 0. The Balaban J connectivity index is 1.92. The highest BCUT2D eigenvalue weighted by atomic mass is 32.2. The van der Waals surface area contributed by atoms with Crippen molar-refractivity contribution < 1.29 is 13.7 Å². The fourth-order valence-corrected chi connectivity index (χ4v) is 4.27. The first kappa shape index (κ1) is 11.0. The Labute approximate surface area is 103 Å². The number of cyclic esters (lactones) is 1. The number of hydrogen-bond donors (Lipinski definition) is 0. The maximum absolute atomic E-state index is 12.5. The van der Waals surface area contributed by atoms with E-state index in [9.17, 15) is 9.00 Å². The molecule has 1 saturated carbocycles. The van der Waals surface area contributed by atoms with E-state index in [4.69, 9.17) is 4.74 Å². The van der Waals surface area contributed by atoms with Gasteiger partial charge in [-0.1, -0.05) is 17.7 Å². The predicted octanol–water partition coefficient (Wildman–Crippen LogP) is 1.81. The SMILES string of the molecule is Cc1ccc([S@](=O)[C@@]23C[C@@H]2CCOC3=O)cc1. The lowest BCUT2D eigenvalue weighted by atomic mass is 10.2. The van der Waals surface area contributed by atoms with Crippen LogP contribution in [0.3, 0.4) is 0 Å². The molecule has 2 fully saturated rings. The number of aryl methyl sites for hydroxylation is 1. The van der Waals surface area contributed by atoms with E-state index >= 15 is 0 Å². The Bertz CT molecular complexity index is 494. The molecule has 1 saturated heterocycles. The van der Waals surface area contributed by atoms with E-state index in [1.165, 1.54) is 0 Å². The van der Waals surface area contributed by atoms with Crippen molar-refractivity contribution in [2.24, 2.45) is 5.92 Å². The summed E-state index contributed by atoms with van der Waals surface area (Å²) in [4.78, 5) is 12.6. The second-order valence-electron chi connectivity index (χ2n) is 4.80. The summed E-state index contributed by atoms with van der Waals surface area (Å²) in [6, 6.07) is 7.54. The number of esters is 1. The predicted molar refractivity (Wildman–Crippen MR) is 64.0 cm³/mol. The molecule has 1 heterocycles. The lowest BCUT2D eigenvalue weighted by Gasteiger charge is -2.20. The average Bonchev–Trinajstić information content (AvgIpc) is 3.06. The van der Waals surface area contributed by atoms with Gasteiger partial charge in [0.05, 0.1) is 17.4 Å². The standard InChI is InChI=1S/C13H14O3S/c1-9-2-4-11(5-3-9)17(15)13-8-10(13)6-7-16-12(13)14/h2-5,10H,6-8H2,1H3/t10-,13-,17-/m0/s1. The molecule has 0 aromatic heterocycles. The zero-order valence-electron chi connectivity index (χ0n) is 9.64. The molecule has 4 heteroatoms. The Morgan fingerprint density at radius 2 is 2.06 bits per heavy atom. The van der Waals surface area contributed by atoms with Gasteiger partial charge in [-0.15, -0.1) is 0 Å². The number of benzene rings is 1. The summed E-state index contributed by atoms with van der Waals surface area (Å²) >= 11 is 0. The zero-order chi connectivity index (χ0) is 12.0. The van der Waals surface area contributed by atoms with Crippen LogP contribution in [0.4, 0.5) is 0 Å². The third kappa shape index (κ3) is 1.54. The lowest BCUT2D eigenvalue weighted by Crippen LogP contribution is -2.36. The number of fused-ring (bicyclic) bond motifs is 1. The van der Waals surface area contributed by atoms with Gasteiger partial charge in [0.25, 0.3) is 0 Å². The third-order valence-electron chi connectivity index (χ3n) is 3.66. The molecule has 2 aliphatic rings. The van der Waals surface area contributed by atoms with E-state index in [1.807, 2.05) is 31.2 Å². The van der Waals surface area contributed by atoms with E-state index in [1.54, 1.807) is 0 Å². The van der Waals surface area contributed by atoms with Crippen molar-refractivity contribution in [2.45, 2.75) is 29.4 Å². The van der Waals surface area contributed by atoms with Crippen LogP contribution in [-0.4, -0.2) is 21.5 Å². The van der Waals surface area contributed by atoms with Crippen molar-refractivity contribution in [3.05, 3.63) is 29.8 Å². The van der Waals surface area contributed by atoms with Crippen LogP contribution in [0.25, 0.3) is 0 Å². The molecule has 0 bridgehead atoms. The Morgan fingerprint density at radius 3 is 2.71 bits per heavy atom. The van der Waals surface area contributed by atoms with Crippen LogP contribution in [0.2, 0.25) is 0 Å². The monoisotopic (exact) mass is 250 g/mol. The van der Waals surface area contributed by atoms with Gasteiger partial charge in [-0.25, -0.2) is 0 Å². The van der Waals surface area contributed by atoms with Crippen LogP contribution in [0.15, 0.2) is 29.2 Å². The number of carbonyl (C=O) groups excluding carboxylic acids is 1. The summed E-state index contributed by atoms with van der Waals surface area (Å²) in [6.45, 7) is 2.47. The Hall–Kier alpha value is -1.16. The molecule has 1 aromatic rings. The summed E-state index contributed by atoms with van der Waals surface area (Å²) in [5.41, 5.74) is 1.13. The van der Waals surface area contributed by atoms with Gasteiger partial charge in [-0.3, -0.25) is 9.00 Å². The number of rotatable bonds is 2. The normalized spacial score (nSPS) is 32.5. The molecule has 0 unspecified atom stereocenters. The van der Waals surface area contributed by atoms with Gasteiger partial charge in [0, 0.05) is 4.90 Å².